The van der Waals surface area contributed by atoms with Gasteiger partial charge in [0.25, 0.3) is 0 Å². The molecule has 0 bridgehead atoms. The summed E-state index contributed by atoms with van der Waals surface area (Å²) in [5, 5.41) is 0.692. The van der Waals surface area contributed by atoms with Gasteiger partial charge in [-0.15, -0.1) is 0 Å². The van der Waals surface area contributed by atoms with E-state index in [0.717, 1.165) is 0 Å². The summed E-state index contributed by atoms with van der Waals surface area (Å²) in [6.07, 6.45) is 1.17. The fourth-order valence-electron chi connectivity index (χ4n) is 1.59. The summed E-state index contributed by atoms with van der Waals surface area (Å²) in [5.74, 6) is 0. The zero-order chi connectivity index (χ0) is 10.6. The molecule has 1 unspecified atom stereocenters. The minimum absolute atomic E-state index is 0.369. The predicted octanol–water partition coefficient (Wildman–Crippen LogP) is 4.15. The molecule has 1 atom stereocenters. The summed E-state index contributed by atoms with van der Waals surface area (Å²) >= 11 is 2.05. The molecule has 0 amide bonds. The van der Waals surface area contributed by atoms with Crippen LogP contribution in [0.25, 0.3) is 0 Å². The average molecular weight is 208 g/mol. The molecule has 1 aromatic rings. The van der Waals surface area contributed by atoms with E-state index in [4.69, 9.17) is 0 Å². The molecule has 78 valence electrons. The van der Waals surface area contributed by atoms with E-state index in [0.29, 0.717) is 10.00 Å². The topological polar surface area (TPSA) is 0 Å². The molecule has 0 aliphatic rings. The van der Waals surface area contributed by atoms with Gasteiger partial charge in [0.15, 0.2) is 0 Å². The summed E-state index contributed by atoms with van der Waals surface area (Å²) < 4.78 is 0.369. The lowest BCUT2D eigenvalue weighted by molar-refractivity contribution is 0.786. The van der Waals surface area contributed by atoms with Gasteiger partial charge in [0.1, 0.15) is 0 Å². The summed E-state index contributed by atoms with van der Waals surface area (Å²) in [6.45, 7) is 9.14. The van der Waals surface area contributed by atoms with E-state index >= 15 is 0 Å². The first-order chi connectivity index (χ1) is 6.47. The maximum Gasteiger partial charge on any atom is 0.00778 e. The summed E-state index contributed by atoms with van der Waals surface area (Å²) in [7, 11) is 0. The highest BCUT2D eigenvalue weighted by atomic mass is 32.2. The second-order valence-corrected chi connectivity index (χ2v) is 7.00. The highest BCUT2D eigenvalue weighted by Crippen LogP contribution is 2.29. The zero-order valence-electron chi connectivity index (χ0n) is 9.58. The van der Waals surface area contributed by atoms with Crippen LogP contribution in [0.4, 0.5) is 0 Å². The van der Waals surface area contributed by atoms with Gasteiger partial charge in [-0.25, -0.2) is 0 Å². The molecule has 1 aromatic carbocycles. The van der Waals surface area contributed by atoms with Crippen LogP contribution in [0.3, 0.4) is 0 Å². The molecule has 0 fully saturated rings. The smallest absolute Gasteiger partial charge is 0.00778 e. The lowest BCUT2D eigenvalue weighted by Gasteiger charge is -2.22. The standard InChI is InChI=1S/C13H20S/c1-11(14-13(2,3)4)10-12-8-6-5-7-9-12/h5-9,11H,10H2,1-4H3. The molecule has 1 heteroatoms. The maximum atomic E-state index is 2.31. The SMILES string of the molecule is CC(Cc1ccccc1)SC(C)(C)C. The van der Waals surface area contributed by atoms with Crippen LogP contribution in [0.5, 0.6) is 0 Å². The Morgan fingerprint density at radius 2 is 1.71 bits per heavy atom. The van der Waals surface area contributed by atoms with E-state index in [1.54, 1.807) is 0 Å². The molecule has 0 saturated carbocycles. The monoisotopic (exact) mass is 208 g/mol. The fourth-order valence-corrected chi connectivity index (χ4v) is 3.07. The van der Waals surface area contributed by atoms with Crippen molar-refractivity contribution in [1.82, 2.24) is 0 Å². The predicted molar refractivity (Wildman–Crippen MR) is 67.0 cm³/mol. The largest absolute Gasteiger partial charge is 0.153 e. The quantitative estimate of drug-likeness (QED) is 0.719. The lowest BCUT2D eigenvalue weighted by atomic mass is 10.1. The Labute approximate surface area is 92.1 Å². The molecule has 0 aromatic heterocycles. The minimum Gasteiger partial charge on any atom is -0.153 e. The van der Waals surface area contributed by atoms with Gasteiger partial charge < -0.3 is 0 Å². The molecule has 14 heavy (non-hydrogen) atoms. The van der Waals surface area contributed by atoms with Crippen LogP contribution in [-0.4, -0.2) is 10.00 Å². The van der Waals surface area contributed by atoms with E-state index in [1.807, 2.05) is 0 Å². The average Bonchev–Trinajstić information content (AvgIpc) is 2.02. The Kier molecular flexibility index (Phi) is 4.06. The van der Waals surface area contributed by atoms with Crippen molar-refractivity contribution in [3.8, 4) is 0 Å². The van der Waals surface area contributed by atoms with Gasteiger partial charge in [0.2, 0.25) is 0 Å². The van der Waals surface area contributed by atoms with Crippen LogP contribution in [-0.2, 0) is 6.42 Å². The summed E-state index contributed by atoms with van der Waals surface area (Å²) in [6, 6.07) is 10.7. The van der Waals surface area contributed by atoms with Crippen molar-refractivity contribution in [2.75, 3.05) is 0 Å². The minimum atomic E-state index is 0.369. The molecular weight excluding hydrogens is 188 g/mol. The van der Waals surface area contributed by atoms with E-state index in [-0.39, 0.29) is 0 Å². The first-order valence-electron chi connectivity index (χ1n) is 5.19. The molecule has 0 spiro atoms. The molecule has 1 rings (SSSR count). The van der Waals surface area contributed by atoms with Crippen molar-refractivity contribution in [1.29, 1.82) is 0 Å². The van der Waals surface area contributed by atoms with Crippen LogP contribution in [0.2, 0.25) is 0 Å². The molecule has 0 aliphatic carbocycles. The van der Waals surface area contributed by atoms with Crippen molar-refractivity contribution in [2.45, 2.75) is 44.1 Å². The van der Waals surface area contributed by atoms with E-state index in [2.05, 4.69) is 69.8 Å². The number of hydrogen-bond acceptors (Lipinski definition) is 1. The van der Waals surface area contributed by atoms with Crippen LogP contribution in [0, 0.1) is 0 Å². The highest BCUT2D eigenvalue weighted by molar-refractivity contribution is 8.01. The lowest BCUT2D eigenvalue weighted by Crippen LogP contribution is -2.15. The van der Waals surface area contributed by atoms with Gasteiger partial charge in [-0.2, -0.15) is 11.8 Å². The molecule has 0 heterocycles. The second-order valence-electron chi connectivity index (χ2n) is 4.73. The number of rotatable bonds is 3. The van der Waals surface area contributed by atoms with Crippen molar-refractivity contribution in [3.63, 3.8) is 0 Å². The van der Waals surface area contributed by atoms with Crippen LogP contribution >= 0.6 is 11.8 Å². The van der Waals surface area contributed by atoms with Crippen LogP contribution < -0.4 is 0 Å². The Morgan fingerprint density at radius 3 is 2.21 bits per heavy atom. The molecule has 0 saturated heterocycles. The van der Waals surface area contributed by atoms with Gasteiger partial charge in [-0.1, -0.05) is 58.0 Å². The molecule has 0 radical (unpaired) electrons. The normalized spacial score (nSPS) is 14.0. The first kappa shape index (κ1) is 11.6. The van der Waals surface area contributed by atoms with Gasteiger partial charge in [0.05, 0.1) is 0 Å². The molecule has 0 aliphatic heterocycles. The fraction of sp³-hybridized carbons (Fsp3) is 0.538. The van der Waals surface area contributed by atoms with E-state index < -0.39 is 0 Å². The second kappa shape index (κ2) is 4.88. The Bertz CT molecular complexity index is 258. The van der Waals surface area contributed by atoms with E-state index in [9.17, 15) is 0 Å². The molecule has 0 N–H and O–H groups in total. The number of hydrogen-bond donors (Lipinski definition) is 0. The summed E-state index contributed by atoms with van der Waals surface area (Å²) in [5.41, 5.74) is 1.44. The van der Waals surface area contributed by atoms with Gasteiger partial charge in [0, 0.05) is 10.00 Å². The maximum absolute atomic E-state index is 2.31. The third-order valence-electron chi connectivity index (χ3n) is 1.92. The third-order valence-corrected chi connectivity index (χ3v) is 3.20. The van der Waals surface area contributed by atoms with E-state index in [1.165, 1.54) is 12.0 Å². The number of benzene rings is 1. The molecular formula is C13H20S. The van der Waals surface area contributed by atoms with Crippen LogP contribution in [0.15, 0.2) is 30.3 Å². The van der Waals surface area contributed by atoms with Gasteiger partial charge >= 0.3 is 0 Å². The highest BCUT2D eigenvalue weighted by Gasteiger charge is 2.15. The Balaban J connectivity index is 2.46. The zero-order valence-corrected chi connectivity index (χ0v) is 10.4. The van der Waals surface area contributed by atoms with Crippen LogP contribution in [0.1, 0.15) is 33.3 Å². The number of thioether (sulfide) groups is 1. The van der Waals surface area contributed by atoms with Crippen molar-refractivity contribution in [3.05, 3.63) is 35.9 Å². The van der Waals surface area contributed by atoms with Crippen molar-refractivity contribution >= 4 is 11.8 Å². The molecule has 0 nitrogen and oxygen atoms in total. The van der Waals surface area contributed by atoms with Crippen molar-refractivity contribution < 1.29 is 0 Å². The first-order valence-corrected chi connectivity index (χ1v) is 6.07. The van der Waals surface area contributed by atoms with Gasteiger partial charge in [-0.3, -0.25) is 0 Å². The van der Waals surface area contributed by atoms with Gasteiger partial charge in [-0.05, 0) is 12.0 Å². The van der Waals surface area contributed by atoms with Crippen molar-refractivity contribution in [2.24, 2.45) is 0 Å². The Hall–Kier alpha value is -0.430. The Morgan fingerprint density at radius 1 is 1.14 bits per heavy atom. The third kappa shape index (κ3) is 4.71. The summed E-state index contributed by atoms with van der Waals surface area (Å²) in [4.78, 5) is 0.